The van der Waals surface area contributed by atoms with Gasteiger partial charge in [0, 0.05) is 13.1 Å². The smallest absolute Gasteiger partial charge is 0.408 e. The molecule has 0 radical (unpaired) electrons. The van der Waals surface area contributed by atoms with E-state index in [2.05, 4.69) is 36.4 Å². The Balaban J connectivity index is 1.84. The van der Waals surface area contributed by atoms with Crippen LogP contribution in [0.4, 0.5) is 4.79 Å². The topological polar surface area (TPSA) is 134 Å². The molecule has 1 aliphatic heterocycles. The third-order valence-electron chi connectivity index (χ3n) is 8.59. The molecule has 3 fully saturated rings. The fraction of sp³-hybridized carbons (Fsp3) is 0.767. The molecule has 10 nitrogen and oxygen atoms in total. The average molecular weight is 561 g/mol. The second kappa shape index (κ2) is 11.5. The van der Waals surface area contributed by atoms with Gasteiger partial charge in [0.15, 0.2) is 0 Å². The standard InChI is InChI=1S/C30H48N4O6/c1-10-14-31-25(37)22(35)19(15-17-12-11-13-17)32-24(36)21-20-18(30(20,8)9)16-34(21)26(38)23(28(2,3)4)33-27(39)40-29(5,6)7/h10,17-21,23H,1,11-16H2,2-9H3,(H,31,37)(H,32,36)(H,33,39)/t18?,19?,20?,21?,23-/m1/s1. The van der Waals surface area contributed by atoms with Crippen molar-refractivity contribution in [3.63, 3.8) is 0 Å². The van der Waals surface area contributed by atoms with Crippen molar-refractivity contribution in [2.45, 2.75) is 105 Å². The summed E-state index contributed by atoms with van der Waals surface area (Å²) in [7, 11) is 0. The molecule has 5 atom stereocenters. The largest absolute Gasteiger partial charge is 0.444 e. The predicted molar refractivity (Wildman–Crippen MR) is 151 cm³/mol. The van der Waals surface area contributed by atoms with E-state index < -0.39 is 52.8 Å². The summed E-state index contributed by atoms with van der Waals surface area (Å²) in [5.41, 5.74) is -1.55. The molecule has 2 aliphatic carbocycles. The van der Waals surface area contributed by atoms with Gasteiger partial charge in [-0.2, -0.15) is 0 Å². The molecule has 1 heterocycles. The third kappa shape index (κ3) is 7.04. The lowest BCUT2D eigenvalue weighted by molar-refractivity contribution is -0.145. The zero-order valence-corrected chi connectivity index (χ0v) is 25.4. The molecule has 3 N–H and O–H groups in total. The van der Waals surface area contributed by atoms with E-state index >= 15 is 0 Å². The van der Waals surface area contributed by atoms with Crippen LogP contribution in [0.25, 0.3) is 0 Å². The van der Waals surface area contributed by atoms with Gasteiger partial charge < -0.3 is 25.6 Å². The first kappa shape index (κ1) is 31.6. The third-order valence-corrected chi connectivity index (χ3v) is 8.59. The minimum Gasteiger partial charge on any atom is -0.444 e. The number of rotatable bonds is 10. The SMILES string of the molecule is C=CCNC(=O)C(=O)C(CC1CCC1)NC(=O)C1C2C(CN1C(=O)[C@@H](NC(=O)OC(C)(C)C)C(C)(C)C)C2(C)C. The van der Waals surface area contributed by atoms with Crippen molar-refractivity contribution in [3.8, 4) is 0 Å². The molecule has 3 rings (SSSR count). The minimum atomic E-state index is -0.973. The van der Waals surface area contributed by atoms with E-state index in [0.717, 1.165) is 19.3 Å². The maximum atomic E-state index is 14.0. The van der Waals surface area contributed by atoms with E-state index in [9.17, 15) is 24.0 Å². The Morgan fingerprint density at radius 2 is 1.68 bits per heavy atom. The summed E-state index contributed by atoms with van der Waals surface area (Å²) < 4.78 is 5.41. The van der Waals surface area contributed by atoms with E-state index in [0.29, 0.717) is 13.0 Å². The van der Waals surface area contributed by atoms with Gasteiger partial charge in [0.1, 0.15) is 17.7 Å². The highest BCUT2D eigenvalue weighted by Gasteiger charge is 2.70. The number of likely N-dealkylation sites (tertiary alicyclic amines) is 1. The van der Waals surface area contributed by atoms with E-state index in [-0.39, 0.29) is 35.6 Å². The van der Waals surface area contributed by atoms with Crippen LogP contribution in [0.1, 0.15) is 81.1 Å². The summed E-state index contributed by atoms with van der Waals surface area (Å²) in [6, 6.07) is -2.72. The molecular formula is C30H48N4O6. The Bertz CT molecular complexity index is 1040. The highest BCUT2D eigenvalue weighted by atomic mass is 16.6. The molecule has 1 saturated heterocycles. The van der Waals surface area contributed by atoms with Gasteiger partial charge in [-0.05, 0) is 55.8 Å². The van der Waals surface area contributed by atoms with Crippen LogP contribution in [0.5, 0.6) is 0 Å². The second-order valence-corrected chi connectivity index (χ2v) is 14.3. The number of nitrogens with one attached hydrogen (secondary N) is 3. The molecular weight excluding hydrogens is 512 g/mol. The predicted octanol–water partition coefficient (Wildman–Crippen LogP) is 2.96. The number of piperidine rings is 1. The van der Waals surface area contributed by atoms with Crippen molar-refractivity contribution in [1.29, 1.82) is 0 Å². The summed E-state index contributed by atoms with van der Waals surface area (Å²) in [5, 5.41) is 8.11. The van der Waals surface area contributed by atoms with Crippen LogP contribution in [0.3, 0.4) is 0 Å². The fourth-order valence-electron chi connectivity index (χ4n) is 6.01. The number of Topliss-reactive ketones (excluding diaryl/α,β-unsaturated/α-hetero) is 1. The number of nitrogens with zero attached hydrogens (tertiary/aromatic N) is 1. The maximum Gasteiger partial charge on any atom is 0.408 e. The summed E-state index contributed by atoms with van der Waals surface area (Å²) in [6.07, 6.45) is 4.12. The van der Waals surface area contributed by atoms with Gasteiger partial charge in [-0.1, -0.05) is 60.0 Å². The van der Waals surface area contributed by atoms with E-state index in [1.165, 1.54) is 6.08 Å². The number of hydrogen-bond acceptors (Lipinski definition) is 6. The number of fused-ring (bicyclic) bond motifs is 1. The van der Waals surface area contributed by atoms with Crippen molar-refractivity contribution >= 4 is 29.6 Å². The lowest BCUT2D eigenvalue weighted by Gasteiger charge is -2.38. The zero-order chi connectivity index (χ0) is 30.2. The summed E-state index contributed by atoms with van der Waals surface area (Å²) >= 11 is 0. The van der Waals surface area contributed by atoms with Gasteiger partial charge in [0.25, 0.3) is 5.91 Å². The van der Waals surface area contributed by atoms with Gasteiger partial charge in [-0.25, -0.2) is 4.79 Å². The quantitative estimate of drug-likeness (QED) is 0.278. The van der Waals surface area contributed by atoms with Gasteiger partial charge in [0.05, 0.1) is 6.04 Å². The van der Waals surface area contributed by atoms with Crippen molar-refractivity contribution in [1.82, 2.24) is 20.9 Å². The van der Waals surface area contributed by atoms with Crippen molar-refractivity contribution in [2.24, 2.45) is 28.6 Å². The normalized spacial score (nSPS) is 25.0. The molecule has 0 bridgehead atoms. The number of carbonyl (C=O) groups excluding carboxylic acids is 5. The number of ether oxygens (including phenoxy) is 1. The van der Waals surface area contributed by atoms with Crippen LogP contribution in [0, 0.1) is 28.6 Å². The Kier molecular flexibility index (Phi) is 9.11. The second-order valence-electron chi connectivity index (χ2n) is 14.3. The van der Waals surface area contributed by atoms with Crippen molar-refractivity contribution in [2.75, 3.05) is 13.1 Å². The molecule has 10 heteroatoms. The molecule has 4 amide bonds. The number of amides is 4. The lowest BCUT2D eigenvalue weighted by atomic mass is 9.80. The molecule has 0 spiro atoms. The van der Waals surface area contributed by atoms with Crippen LogP contribution >= 0.6 is 0 Å². The van der Waals surface area contributed by atoms with Crippen LogP contribution in [0.2, 0.25) is 0 Å². The number of alkyl carbamates (subject to hydrolysis) is 1. The summed E-state index contributed by atoms with van der Waals surface area (Å²) in [6.45, 7) is 19.0. The first-order valence-electron chi connectivity index (χ1n) is 14.4. The molecule has 4 unspecified atom stereocenters. The van der Waals surface area contributed by atoms with E-state index in [4.69, 9.17) is 4.74 Å². The number of hydrogen-bond donors (Lipinski definition) is 3. The average Bonchev–Trinajstić information content (AvgIpc) is 3.13. The van der Waals surface area contributed by atoms with Gasteiger partial charge in [-0.15, -0.1) is 6.58 Å². The van der Waals surface area contributed by atoms with Crippen LogP contribution < -0.4 is 16.0 Å². The molecule has 2 saturated carbocycles. The zero-order valence-electron chi connectivity index (χ0n) is 25.4. The van der Waals surface area contributed by atoms with Crippen LogP contribution in [-0.2, 0) is 23.9 Å². The van der Waals surface area contributed by atoms with Gasteiger partial charge >= 0.3 is 6.09 Å². The van der Waals surface area contributed by atoms with Crippen LogP contribution in [-0.4, -0.2) is 71.3 Å². The monoisotopic (exact) mass is 560 g/mol. The molecule has 3 aliphatic rings. The Morgan fingerprint density at radius 1 is 1.05 bits per heavy atom. The summed E-state index contributed by atoms with van der Waals surface area (Å²) in [4.78, 5) is 67.7. The molecule has 0 aromatic rings. The number of ketones is 1. The van der Waals surface area contributed by atoms with Gasteiger partial charge in [-0.3, -0.25) is 19.2 Å². The first-order valence-corrected chi connectivity index (χ1v) is 14.4. The molecule has 40 heavy (non-hydrogen) atoms. The highest BCUT2D eigenvalue weighted by molar-refractivity contribution is 6.38. The lowest BCUT2D eigenvalue weighted by Crippen LogP contribution is -2.61. The van der Waals surface area contributed by atoms with Crippen molar-refractivity contribution < 1.29 is 28.7 Å². The summed E-state index contributed by atoms with van der Waals surface area (Å²) in [5.74, 6) is -1.97. The molecule has 224 valence electrons. The van der Waals surface area contributed by atoms with Gasteiger partial charge in [0.2, 0.25) is 17.6 Å². The molecule has 0 aromatic heterocycles. The number of carbonyl (C=O) groups is 5. The van der Waals surface area contributed by atoms with Crippen LogP contribution in [0.15, 0.2) is 12.7 Å². The molecule has 0 aromatic carbocycles. The Hall–Kier alpha value is -2.91. The Morgan fingerprint density at radius 3 is 2.17 bits per heavy atom. The van der Waals surface area contributed by atoms with E-state index in [1.54, 1.807) is 25.7 Å². The highest BCUT2D eigenvalue weighted by Crippen LogP contribution is 2.65. The van der Waals surface area contributed by atoms with Crippen molar-refractivity contribution in [3.05, 3.63) is 12.7 Å². The first-order chi connectivity index (χ1) is 18.4. The fourth-order valence-corrected chi connectivity index (χ4v) is 6.01. The maximum absolute atomic E-state index is 14.0. The minimum absolute atomic E-state index is 0.0901. The Labute approximate surface area is 238 Å². The van der Waals surface area contributed by atoms with E-state index in [1.807, 2.05) is 20.8 Å².